The van der Waals surface area contributed by atoms with E-state index in [9.17, 15) is 14.4 Å². The quantitative estimate of drug-likeness (QED) is 0.811. The first-order chi connectivity index (χ1) is 8.70. The van der Waals surface area contributed by atoms with E-state index >= 15 is 0 Å². The number of rotatable bonds is 3. The van der Waals surface area contributed by atoms with E-state index in [-0.39, 0.29) is 13.1 Å². The number of ether oxygens (including phenoxy) is 1. The minimum atomic E-state index is -0.844. The van der Waals surface area contributed by atoms with Crippen molar-refractivity contribution in [1.29, 1.82) is 0 Å². The molecule has 19 heavy (non-hydrogen) atoms. The van der Waals surface area contributed by atoms with Gasteiger partial charge in [-0.2, -0.15) is 0 Å². The number of nitrogens with one attached hydrogen (secondary N) is 1. The lowest BCUT2D eigenvalue weighted by Gasteiger charge is -2.19. The Labute approximate surface area is 110 Å². The Kier molecular flexibility index (Phi) is 4.36. The summed E-state index contributed by atoms with van der Waals surface area (Å²) in [4.78, 5) is 33.8. The van der Waals surface area contributed by atoms with Gasteiger partial charge >= 0.3 is 17.8 Å². The number of amides is 2. The molecular weight excluding hydrogens is 252 g/mol. The Morgan fingerprint density at radius 1 is 1.37 bits per heavy atom. The van der Waals surface area contributed by atoms with E-state index in [0.29, 0.717) is 0 Å². The fourth-order valence-electron chi connectivity index (χ4n) is 1.34. The molecule has 1 rings (SSSR count). The monoisotopic (exact) mass is 270 g/mol. The van der Waals surface area contributed by atoms with Gasteiger partial charge in [-0.05, 0) is 20.8 Å². The highest BCUT2D eigenvalue weighted by molar-refractivity contribution is 5.74. The van der Waals surface area contributed by atoms with Crippen molar-refractivity contribution in [3.63, 3.8) is 0 Å². The molecule has 8 nitrogen and oxygen atoms in total. The number of imidazole rings is 1. The Bertz CT molecular complexity index is 524. The van der Waals surface area contributed by atoms with Crippen molar-refractivity contribution in [1.82, 2.24) is 14.5 Å². The van der Waals surface area contributed by atoms with Crippen molar-refractivity contribution in [2.24, 2.45) is 5.73 Å². The van der Waals surface area contributed by atoms with Crippen LogP contribution in [0.3, 0.4) is 0 Å². The van der Waals surface area contributed by atoms with Crippen LogP contribution in [0.4, 0.5) is 9.59 Å². The predicted molar refractivity (Wildman–Crippen MR) is 67.9 cm³/mol. The van der Waals surface area contributed by atoms with E-state index < -0.39 is 23.4 Å². The number of aromatic nitrogens is 2. The average Bonchev–Trinajstić information content (AvgIpc) is 2.57. The fraction of sp³-hybridized carbons (Fsp3) is 0.545. The Morgan fingerprint density at radius 2 is 2.00 bits per heavy atom. The first kappa shape index (κ1) is 14.8. The summed E-state index contributed by atoms with van der Waals surface area (Å²) in [6.07, 6.45) is 2.14. The molecule has 0 saturated carbocycles. The molecule has 106 valence electrons. The zero-order chi connectivity index (χ0) is 14.6. The molecule has 0 aromatic carbocycles. The molecule has 0 bridgehead atoms. The zero-order valence-electron chi connectivity index (χ0n) is 11.2. The number of carbonyl (C=O) groups is 2. The molecule has 0 aliphatic heterocycles. The van der Waals surface area contributed by atoms with Crippen molar-refractivity contribution in [2.45, 2.75) is 32.9 Å². The lowest BCUT2D eigenvalue weighted by Crippen LogP contribution is -2.37. The SMILES string of the molecule is CC(C)(C)OC(=O)NCCn1ccn(C(N)=O)c1=O. The van der Waals surface area contributed by atoms with Crippen LogP contribution in [0, 0.1) is 0 Å². The van der Waals surface area contributed by atoms with Crippen LogP contribution in [-0.2, 0) is 11.3 Å². The highest BCUT2D eigenvalue weighted by atomic mass is 16.6. The third-order valence-corrected chi connectivity index (χ3v) is 2.11. The van der Waals surface area contributed by atoms with Crippen LogP contribution in [0.5, 0.6) is 0 Å². The number of nitrogens with two attached hydrogens (primary N) is 1. The second kappa shape index (κ2) is 5.59. The second-order valence-electron chi connectivity index (χ2n) is 4.91. The third kappa shape index (κ3) is 4.49. The maximum Gasteiger partial charge on any atom is 0.407 e. The molecule has 0 aliphatic rings. The van der Waals surface area contributed by atoms with Crippen molar-refractivity contribution < 1.29 is 14.3 Å². The number of primary amides is 1. The molecule has 0 radical (unpaired) electrons. The normalized spacial score (nSPS) is 11.1. The van der Waals surface area contributed by atoms with Gasteiger partial charge in [0.25, 0.3) is 0 Å². The molecular formula is C11H18N4O4. The number of hydrogen-bond donors (Lipinski definition) is 2. The fourth-order valence-corrected chi connectivity index (χ4v) is 1.34. The van der Waals surface area contributed by atoms with Gasteiger partial charge in [0, 0.05) is 25.5 Å². The molecule has 8 heteroatoms. The van der Waals surface area contributed by atoms with Crippen LogP contribution in [0.15, 0.2) is 17.2 Å². The van der Waals surface area contributed by atoms with Gasteiger partial charge in [0.05, 0.1) is 0 Å². The van der Waals surface area contributed by atoms with Crippen LogP contribution >= 0.6 is 0 Å². The summed E-state index contributed by atoms with van der Waals surface area (Å²) in [5.74, 6) is 0. The summed E-state index contributed by atoms with van der Waals surface area (Å²) in [6, 6.07) is -0.844. The lowest BCUT2D eigenvalue weighted by molar-refractivity contribution is 0.0526. The molecule has 0 unspecified atom stereocenters. The third-order valence-electron chi connectivity index (χ3n) is 2.11. The van der Waals surface area contributed by atoms with E-state index in [2.05, 4.69) is 5.32 Å². The maximum atomic E-state index is 11.6. The highest BCUT2D eigenvalue weighted by Gasteiger charge is 2.15. The van der Waals surface area contributed by atoms with Crippen LogP contribution in [0.25, 0.3) is 0 Å². The second-order valence-corrected chi connectivity index (χ2v) is 4.91. The largest absolute Gasteiger partial charge is 0.444 e. The Hall–Kier alpha value is -2.25. The number of alkyl carbamates (subject to hydrolysis) is 1. The van der Waals surface area contributed by atoms with E-state index in [1.807, 2.05) is 0 Å². The smallest absolute Gasteiger partial charge is 0.407 e. The van der Waals surface area contributed by atoms with Gasteiger partial charge in [-0.25, -0.2) is 19.0 Å². The van der Waals surface area contributed by atoms with Gasteiger partial charge in [0.2, 0.25) is 0 Å². The first-order valence-electron chi connectivity index (χ1n) is 5.75. The van der Waals surface area contributed by atoms with E-state index in [0.717, 1.165) is 4.57 Å². The lowest BCUT2D eigenvalue weighted by atomic mass is 10.2. The highest BCUT2D eigenvalue weighted by Crippen LogP contribution is 2.06. The summed E-state index contributed by atoms with van der Waals surface area (Å²) in [5, 5.41) is 2.51. The molecule has 2 amide bonds. The van der Waals surface area contributed by atoms with Gasteiger partial charge in [-0.3, -0.25) is 4.57 Å². The van der Waals surface area contributed by atoms with Gasteiger partial charge < -0.3 is 15.8 Å². The van der Waals surface area contributed by atoms with Crippen molar-refractivity contribution in [3.8, 4) is 0 Å². The molecule has 0 fully saturated rings. The average molecular weight is 270 g/mol. The minimum absolute atomic E-state index is 0.206. The molecule has 0 atom stereocenters. The summed E-state index contributed by atoms with van der Waals surface area (Å²) in [5.41, 5.74) is 3.88. The van der Waals surface area contributed by atoms with E-state index in [1.165, 1.54) is 17.0 Å². The van der Waals surface area contributed by atoms with Gasteiger partial charge in [0.1, 0.15) is 5.60 Å². The maximum absolute atomic E-state index is 11.6. The minimum Gasteiger partial charge on any atom is -0.444 e. The first-order valence-corrected chi connectivity index (χ1v) is 5.75. The van der Waals surface area contributed by atoms with Crippen LogP contribution in [0.1, 0.15) is 20.8 Å². The summed E-state index contributed by atoms with van der Waals surface area (Å²) in [6.45, 7) is 5.69. The van der Waals surface area contributed by atoms with Gasteiger partial charge in [0.15, 0.2) is 0 Å². The number of nitrogens with zero attached hydrogens (tertiary/aromatic N) is 2. The number of hydrogen-bond acceptors (Lipinski definition) is 4. The van der Waals surface area contributed by atoms with Crippen LogP contribution in [0.2, 0.25) is 0 Å². The molecule has 1 aromatic heterocycles. The Balaban J connectivity index is 2.48. The van der Waals surface area contributed by atoms with Crippen LogP contribution < -0.4 is 16.7 Å². The summed E-state index contributed by atoms with van der Waals surface area (Å²) in [7, 11) is 0. The van der Waals surface area contributed by atoms with Crippen molar-refractivity contribution >= 4 is 12.1 Å². The van der Waals surface area contributed by atoms with Gasteiger partial charge in [-0.15, -0.1) is 0 Å². The zero-order valence-corrected chi connectivity index (χ0v) is 11.2. The predicted octanol–water partition coefficient (Wildman–Crippen LogP) is 0.101. The van der Waals surface area contributed by atoms with Crippen molar-refractivity contribution in [2.75, 3.05) is 6.54 Å². The number of carbonyl (C=O) groups excluding carboxylic acids is 2. The van der Waals surface area contributed by atoms with Crippen molar-refractivity contribution in [3.05, 3.63) is 22.9 Å². The van der Waals surface area contributed by atoms with E-state index in [4.69, 9.17) is 10.5 Å². The molecule has 0 spiro atoms. The molecule has 1 aromatic rings. The molecule has 1 heterocycles. The summed E-state index contributed by atoms with van der Waals surface area (Å²) >= 11 is 0. The standard InChI is InChI=1S/C11H18N4O4/c1-11(2,3)19-9(17)13-4-5-14-6-7-15(8(12)16)10(14)18/h6-7H,4-5H2,1-3H3,(H2,12,16)(H,13,17). The topological polar surface area (TPSA) is 108 Å². The summed E-state index contributed by atoms with van der Waals surface area (Å²) < 4.78 is 7.08. The van der Waals surface area contributed by atoms with Crippen LogP contribution in [-0.4, -0.2) is 33.4 Å². The molecule has 0 saturated heterocycles. The molecule has 3 N–H and O–H groups in total. The van der Waals surface area contributed by atoms with E-state index in [1.54, 1.807) is 20.8 Å². The molecule has 0 aliphatic carbocycles. The Morgan fingerprint density at radius 3 is 2.47 bits per heavy atom. The van der Waals surface area contributed by atoms with Gasteiger partial charge in [-0.1, -0.05) is 0 Å².